The smallest absolute Gasteiger partial charge is 0.324 e. The van der Waals surface area contributed by atoms with E-state index in [1.165, 1.54) is 89.9 Å². The minimum absolute atomic E-state index is 0. The summed E-state index contributed by atoms with van der Waals surface area (Å²) in [6, 6.07) is 0. The Morgan fingerprint density at radius 1 is 0.654 bits per heavy atom. The Morgan fingerprint density at radius 3 is 1.38 bits per heavy atom. The summed E-state index contributed by atoms with van der Waals surface area (Å²) in [4.78, 5) is 10.1. The molecule has 0 spiro atoms. The molecule has 26 heavy (non-hydrogen) atoms. The molecule has 4 heteroatoms. The van der Waals surface area contributed by atoms with Crippen LogP contribution in [0.1, 0.15) is 124 Å². The summed E-state index contributed by atoms with van der Waals surface area (Å²) in [5.41, 5.74) is 0. The first kappa shape index (κ1) is 26.6. The molecule has 1 rings (SSSR count). The van der Waals surface area contributed by atoms with Gasteiger partial charge in [-0.2, -0.15) is 9.78 Å². The molecule has 0 amide bonds. The molecule has 3 nitrogen and oxygen atoms in total. The third kappa shape index (κ3) is 15.6. The molecular formula is C22H44O3Ti. The zero-order valence-electron chi connectivity index (χ0n) is 17.8. The Hall–Kier alpha value is 0.594. The van der Waals surface area contributed by atoms with Crippen molar-refractivity contribution in [2.75, 3.05) is 6.61 Å². The number of unbranched alkanes of at least 4 members (excludes halogenated alkanes) is 14. The van der Waals surface area contributed by atoms with Crippen molar-refractivity contribution in [3.63, 3.8) is 0 Å². The molecule has 0 aromatic rings. The SMILES string of the molecule is CCCCCCCCCCCCCCCCCC1(OCC(C)C)OO1.[Ti]. The van der Waals surface area contributed by atoms with Crippen molar-refractivity contribution in [1.82, 2.24) is 0 Å². The zero-order chi connectivity index (χ0) is 18.2. The fourth-order valence-corrected chi connectivity index (χ4v) is 3.26. The average Bonchev–Trinajstić information content (AvgIpc) is 3.37. The molecule has 1 heterocycles. The van der Waals surface area contributed by atoms with Crippen LogP contribution in [0.5, 0.6) is 0 Å². The summed E-state index contributed by atoms with van der Waals surface area (Å²) >= 11 is 0. The molecule has 1 fully saturated rings. The standard InChI is InChI=1S/C22H44O3.Ti/c1-4-5-6-7-8-9-10-11-12-13-14-15-16-17-18-19-22(24-25-22)23-20-21(2)3;/h21H,4-20H2,1-3H3;. The van der Waals surface area contributed by atoms with Gasteiger partial charge in [-0.15, -0.1) is 0 Å². The van der Waals surface area contributed by atoms with Crippen LogP contribution in [0.25, 0.3) is 0 Å². The summed E-state index contributed by atoms with van der Waals surface area (Å²) in [6.07, 6.45) is 21.7. The predicted octanol–water partition coefficient (Wildman–Crippen LogP) is 7.53. The van der Waals surface area contributed by atoms with E-state index >= 15 is 0 Å². The maximum Gasteiger partial charge on any atom is 0.340 e. The van der Waals surface area contributed by atoms with Gasteiger partial charge >= 0.3 is 5.97 Å². The fourth-order valence-electron chi connectivity index (χ4n) is 3.26. The van der Waals surface area contributed by atoms with E-state index in [-0.39, 0.29) is 21.7 Å². The Labute approximate surface area is 178 Å². The molecule has 0 atom stereocenters. The summed E-state index contributed by atoms with van der Waals surface area (Å²) < 4.78 is 5.68. The second-order valence-electron chi connectivity index (χ2n) is 8.25. The molecule has 0 bridgehead atoms. The van der Waals surface area contributed by atoms with E-state index in [9.17, 15) is 0 Å². The van der Waals surface area contributed by atoms with Gasteiger partial charge in [0.05, 0.1) is 6.61 Å². The maximum absolute atomic E-state index is 5.68. The van der Waals surface area contributed by atoms with Gasteiger partial charge in [-0.05, 0) is 12.3 Å². The molecule has 1 aliphatic heterocycles. The number of hydrogen-bond donors (Lipinski definition) is 0. The van der Waals surface area contributed by atoms with Crippen molar-refractivity contribution in [2.24, 2.45) is 5.92 Å². The van der Waals surface area contributed by atoms with E-state index in [1.54, 1.807) is 0 Å². The largest absolute Gasteiger partial charge is 0.340 e. The second-order valence-corrected chi connectivity index (χ2v) is 8.25. The molecule has 0 aliphatic carbocycles. The van der Waals surface area contributed by atoms with Gasteiger partial charge in [-0.25, -0.2) is 0 Å². The van der Waals surface area contributed by atoms with E-state index in [4.69, 9.17) is 14.5 Å². The molecule has 154 valence electrons. The average molecular weight is 404 g/mol. The summed E-state index contributed by atoms with van der Waals surface area (Å²) in [7, 11) is 0. The third-order valence-corrected chi connectivity index (χ3v) is 4.99. The van der Waals surface area contributed by atoms with Crippen LogP contribution in [-0.2, 0) is 36.2 Å². The summed E-state index contributed by atoms with van der Waals surface area (Å²) in [5, 5.41) is 0. The van der Waals surface area contributed by atoms with Crippen LogP contribution in [0.3, 0.4) is 0 Å². The molecular weight excluding hydrogens is 360 g/mol. The normalized spacial score (nSPS) is 15.2. The predicted molar refractivity (Wildman–Crippen MR) is 105 cm³/mol. The van der Waals surface area contributed by atoms with Gasteiger partial charge in [0, 0.05) is 28.1 Å². The second kappa shape index (κ2) is 17.7. The molecule has 0 saturated carbocycles. The van der Waals surface area contributed by atoms with Crippen LogP contribution in [0, 0.1) is 5.92 Å². The van der Waals surface area contributed by atoms with Crippen LogP contribution < -0.4 is 0 Å². The molecule has 1 aliphatic rings. The Kier molecular flexibility index (Phi) is 18.1. The Bertz CT molecular complexity index is 293. The first-order chi connectivity index (χ1) is 12.2. The molecule has 0 N–H and O–H groups in total. The summed E-state index contributed by atoms with van der Waals surface area (Å²) in [5.74, 6) is -0.161. The van der Waals surface area contributed by atoms with Crippen molar-refractivity contribution in [3.05, 3.63) is 0 Å². The summed E-state index contributed by atoms with van der Waals surface area (Å²) in [6.45, 7) is 7.28. The van der Waals surface area contributed by atoms with Crippen molar-refractivity contribution >= 4 is 0 Å². The van der Waals surface area contributed by atoms with E-state index < -0.39 is 5.97 Å². The Balaban J connectivity index is 0.00000625. The first-order valence-electron chi connectivity index (χ1n) is 11.2. The van der Waals surface area contributed by atoms with Gasteiger partial charge in [0.1, 0.15) is 0 Å². The van der Waals surface area contributed by atoms with Crippen molar-refractivity contribution in [1.29, 1.82) is 0 Å². The van der Waals surface area contributed by atoms with E-state index in [0.29, 0.717) is 12.5 Å². The number of rotatable bonds is 19. The van der Waals surface area contributed by atoms with Gasteiger partial charge < -0.3 is 4.74 Å². The maximum atomic E-state index is 5.68. The molecule has 0 radical (unpaired) electrons. The van der Waals surface area contributed by atoms with Crippen LogP contribution in [0.2, 0.25) is 0 Å². The van der Waals surface area contributed by atoms with E-state index in [1.807, 2.05) is 0 Å². The van der Waals surface area contributed by atoms with Crippen molar-refractivity contribution < 1.29 is 36.2 Å². The van der Waals surface area contributed by atoms with Gasteiger partial charge in [0.25, 0.3) is 0 Å². The topological polar surface area (TPSA) is 34.3 Å². The minimum Gasteiger partial charge on any atom is -0.324 e. The van der Waals surface area contributed by atoms with Crippen LogP contribution in [-0.4, -0.2) is 12.6 Å². The third-order valence-electron chi connectivity index (χ3n) is 4.99. The molecule has 0 aromatic heterocycles. The van der Waals surface area contributed by atoms with Gasteiger partial charge in [0.2, 0.25) is 0 Å². The molecule has 1 saturated heterocycles. The van der Waals surface area contributed by atoms with Gasteiger partial charge in [0.15, 0.2) is 0 Å². The first-order valence-corrected chi connectivity index (χ1v) is 11.2. The van der Waals surface area contributed by atoms with Crippen LogP contribution >= 0.6 is 0 Å². The quantitative estimate of drug-likeness (QED) is 0.0965. The zero-order valence-corrected chi connectivity index (χ0v) is 19.4. The van der Waals surface area contributed by atoms with E-state index in [2.05, 4.69) is 20.8 Å². The van der Waals surface area contributed by atoms with Crippen LogP contribution in [0.4, 0.5) is 0 Å². The van der Waals surface area contributed by atoms with Gasteiger partial charge in [-0.3, -0.25) is 0 Å². The van der Waals surface area contributed by atoms with Crippen LogP contribution in [0.15, 0.2) is 0 Å². The monoisotopic (exact) mass is 404 g/mol. The minimum atomic E-state index is -0.680. The molecule has 0 aromatic carbocycles. The van der Waals surface area contributed by atoms with Crippen molar-refractivity contribution in [3.8, 4) is 0 Å². The molecule has 0 unspecified atom stereocenters. The fraction of sp³-hybridized carbons (Fsp3) is 1.00. The van der Waals surface area contributed by atoms with Crippen molar-refractivity contribution in [2.45, 2.75) is 129 Å². The van der Waals surface area contributed by atoms with E-state index in [0.717, 1.165) is 12.8 Å². The Morgan fingerprint density at radius 2 is 1.04 bits per heavy atom. The number of ether oxygens (including phenoxy) is 1. The number of hydrogen-bond acceptors (Lipinski definition) is 3. The van der Waals surface area contributed by atoms with Gasteiger partial charge in [-0.1, -0.05) is 111 Å².